The van der Waals surface area contributed by atoms with Crippen LogP contribution >= 0.6 is 0 Å². The molecule has 0 radical (unpaired) electrons. The third-order valence-corrected chi connectivity index (χ3v) is 2.98. The highest BCUT2D eigenvalue weighted by molar-refractivity contribution is 5.80. The second-order valence-corrected chi connectivity index (χ2v) is 4.70. The second-order valence-electron chi connectivity index (χ2n) is 4.70. The van der Waals surface area contributed by atoms with E-state index in [1.54, 1.807) is 0 Å². The maximum atomic E-state index is 11.3. The molecule has 0 aliphatic rings. The standard InChI is InChI=1S/C15H30O4/c1-4-6-8-17-10-12-19-13-11-18-9-7-14(3)15(16)5-2/h14H,4-13H2,1-3H3. The molecule has 0 aromatic rings. The van der Waals surface area contributed by atoms with Gasteiger partial charge in [-0.2, -0.15) is 0 Å². The first-order valence-electron chi connectivity index (χ1n) is 7.48. The molecule has 4 nitrogen and oxygen atoms in total. The van der Waals surface area contributed by atoms with E-state index in [9.17, 15) is 4.79 Å². The highest BCUT2D eigenvalue weighted by atomic mass is 16.5. The quantitative estimate of drug-likeness (QED) is 0.457. The van der Waals surface area contributed by atoms with Crippen LogP contribution in [-0.2, 0) is 19.0 Å². The molecule has 0 aliphatic heterocycles. The molecule has 0 fully saturated rings. The van der Waals surface area contributed by atoms with E-state index in [0.717, 1.165) is 25.9 Å². The Kier molecular flexibility index (Phi) is 13.6. The van der Waals surface area contributed by atoms with Crippen molar-refractivity contribution in [2.45, 2.75) is 46.5 Å². The fourth-order valence-electron chi connectivity index (χ4n) is 1.56. The van der Waals surface area contributed by atoms with Crippen LogP contribution in [0.5, 0.6) is 0 Å². The van der Waals surface area contributed by atoms with Crippen molar-refractivity contribution in [1.29, 1.82) is 0 Å². The van der Waals surface area contributed by atoms with Gasteiger partial charge >= 0.3 is 0 Å². The molecule has 0 heterocycles. The normalized spacial score (nSPS) is 12.6. The fraction of sp³-hybridized carbons (Fsp3) is 0.933. The van der Waals surface area contributed by atoms with Gasteiger partial charge in [-0.25, -0.2) is 0 Å². The van der Waals surface area contributed by atoms with Crippen LogP contribution < -0.4 is 0 Å². The number of ether oxygens (including phenoxy) is 3. The van der Waals surface area contributed by atoms with Crippen LogP contribution in [0.2, 0.25) is 0 Å². The molecule has 1 atom stereocenters. The summed E-state index contributed by atoms with van der Waals surface area (Å²) in [7, 11) is 0. The summed E-state index contributed by atoms with van der Waals surface area (Å²) in [6.45, 7) is 9.90. The van der Waals surface area contributed by atoms with Gasteiger partial charge in [-0.15, -0.1) is 0 Å². The molecule has 0 amide bonds. The molecular weight excluding hydrogens is 244 g/mol. The molecule has 4 heteroatoms. The lowest BCUT2D eigenvalue weighted by molar-refractivity contribution is -0.122. The highest BCUT2D eigenvalue weighted by Gasteiger charge is 2.09. The highest BCUT2D eigenvalue weighted by Crippen LogP contribution is 2.05. The SMILES string of the molecule is CCCCOCCOCCOCCC(C)C(=O)CC. The zero-order chi connectivity index (χ0) is 14.3. The van der Waals surface area contributed by atoms with E-state index in [-0.39, 0.29) is 5.92 Å². The average Bonchev–Trinajstić information content (AvgIpc) is 2.43. The summed E-state index contributed by atoms with van der Waals surface area (Å²) in [4.78, 5) is 11.3. The minimum Gasteiger partial charge on any atom is -0.379 e. The smallest absolute Gasteiger partial charge is 0.135 e. The first kappa shape index (κ1) is 18.6. The molecule has 0 aromatic carbocycles. The summed E-state index contributed by atoms with van der Waals surface area (Å²) in [5.74, 6) is 0.418. The maximum absolute atomic E-state index is 11.3. The summed E-state index contributed by atoms with van der Waals surface area (Å²) >= 11 is 0. The Morgan fingerprint density at radius 3 is 1.95 bits per heavy atom. The van der Waals surface area contributed by atoms with E-state index in [1.165, 1.54) is 0 Å². The minimum absolute atomic E-state index is 0.109. The van der Waals surface area contributed by atoms with Crippen LogP contribution in [0.15, 0.2) is 0 Å². The maximum Gasteiger partial charge on any atom is 0.135 e. The Morgan fingerprint density at radius 1 is 0.895 bits per heavy atom. The number of rotatable bonds is 14. The molecule has 0 N–H and O–H groups in total. The van der Waals surface area contributed by atoms with Gasteiger partial charge < -0.3 is 14.2 Å². The number of carbonyl (C=O) groups excluding carboxylic acids is 1. The molecule has 0 saturated carbocycles. The van der Waals surface area contributed by atoms with Gasteiger partial charge in [-0.05, 0) is 12.8 Å². The van der Waals surface area contributed by atoms with Crippen LogP contribution in [-0.4, -0.2) is 45.4 Å². The first-order valence-corrected chi connectivity index (χ1v) is 7.48. The topological polar surface area (TPSA) is 44.8 Å². The summed E-state index contributed by atoms with van der Waals surface area (Å²) in [5, 5.41) is 0. The number of hydrogen-bond donors (Lipinski definition) is 0. The van der Waals surface area contributed by atoms with E-state index in [4.69, 9.17) is 14.2 Å². The molecular formula is C15H30O4. The van der Waals surface area contributed by atoms with Crippen molar-refractivity contribution in [3.05, 3.63) is 0 Å². The van der Waals surface area contributed by atoms with Crippen LogP contribution in [0.25, 0.3) is 0 Å². The molecule has 0 aliphatic carbocycles. The van der Waals surface area contributed by atoms with Crippen LogP contribution in [0.3, 0.4) is 0 Å². The number of carbonyl (C=O) groups is 1. The zero-order valence-electron chi connectivity index (χ0n) is 12.8. The van der Waals surface area contributed by atoms with Crippen molar-refractivity contribution in [2.24, 2.45) is 5.92 Å². The van der Waals surface area contributed by atoms with E-state index < -0.39 is 0 Å². The molecule has 0 saturated heterocycles. The van der Waals surface area contributed by atoms with Gasteiger partial charge in [0.25, 0.3) is 0 Å². The lowest BCUT2D eigenvalue weighted by atomic mass is 10.0. The molecule has 114 valence electrons. The minimum atomic E-state index is 0.109. The van der Waals surface area contributed by atoms with Gasteiger partial charge in [0.2, 0.25) is 0 Å². The average molecular weight is 274 g/mol. The van der Waals surface area contributed by atoms with Crippen molar-refractivity contribution in [3.8, 4) is 0 Å². The van der Waals surface area contributed by atoms with E-state index in [1.807, 2.05) is 13.8 Å². The van der Waals surface area contributed by atoms with Crippen molar-refractivity contribution in [2.75, 3.05) is 39.6 Å². The fourth-order valence-corrected chi connectivity index (χ4v) is 1.56. The summed E-state index contributed by atoms with van der Waals surface area (Å²) in [6, 6.07) is 0. The van der Waals surface area contributed by atoms with Crippen molar-refractivity contribution < 1.29 is 19.0 Å². The molecule has 1 unspecified atom stereocenters. The monoisotopic (exact) mass is 274 g/mol. The molecule has 0 spiro atoms. The van der Waals surface area contributed by atoms with Gasteiger partial charge in [0.1, 0.15) is 5.78 Å². The van der Waals surface area contributed by atoms with Gasteiger partial charge in [0.15, 0.2) is 0 Å². The van der Waals surface area contributed by atoms with Crippen molar-refractivity contribution in [3.63, 3.8) is 0 Å². The summed E-state index contributed by atoms with van der Waals surface area (Å²) in [6.07, 6.45) is 3.68. The lowest BCUT2D eigenvalue weighted by Crippen LogP contribution is -2.14. The Labute approximate surface area is 117 Å². The third kappa shape index (κ3) is 12.3. The Hall–Kier alpha value is -0.450. The summed E-state index contributed by atoms with van der Waals surface area (Å²) in [5.41, 5.74) is 0. The largest absolute Gasteiger partial charge is 0.379 e. The predicted octanol–water partition coefficient (Wildman–Crippen LogP) is 2.84. The number of unbranched alkanes of at least 4 members (excludes halogenated alkanes) is 1. The Bertz CT molecular complexity index is 206. The number of hydrogen-bond acceptors (Lipinski definition) is 4. The van der Waals surface area contributed by atoms with E-state index in [0.29, 0.717) is 45.2 Å². The Balaban J connectivity index is 3.12. The third-order valence-electron chi connectivity index (χ3n) is 2.98. The predicted molar refractivity (Wildman–Crippen MR) is 76.4 cm³/mol. The van der Waals surface area contributed by atoms with Crippen molar-refractivity contribution in [1.82, 2.24) is 0 Å². The van der Waals surface area contributed by atoms with Gasteiger partial charge in [0.05, 0.1) is 26.4 Å². The van der Waals surface area contributed by atoms with Crippen molar-refractivity contribution >= 4 is 5.78 Å². The van der Waals surface area contributed by atoms with Crippen LogP contribution in [0, 0.1) is 5.92 Å². The first-order chi connectivity index (χ1) is 9.22. The lowest BCUT2D eigenvalue weighted by Gasteiger charge is -2.10. The van der Waals surface area contributed by atoms with Gasteiger partial charge in [-0.1, -0.05) is 27.2 Å². The zero-order valence-corrected chi connectivity index (χ0v) is 12.8. The van der Waals surface area contributed by atoms with E-state index >= 15 is 0 Å². The Morgan fingerprint density at radius 2 is 1.42 bits per heavy atom. The molecule has 19 heavy (non-hydrogen) atoms. The number of Topliss-reactive ketones (excluding diaryl/α,β-unsaturated/α-hetero) is 1. The number of ketones is 1. The molecule has 0 bridgehead atoms. The molecule has 0 rings (SSSR count). The van der Waals surface area contributed by atoms with E-state index in [2.05, 4.69) is 6.92 Å². The van der Waals surface area contributed by atoms with Gasteiger partial charge in [0, 0.05) is 25.6 Å². The summed E-state index contributed by atoms with van der Waals surface area (Å²) < 4.78 is 16.2. The van der Waals surface area contributed by atoms with Crippen LogP contribution in [0.4, 0.5) is 0 Å². The molecule has 0 aromatic heterocycles. The van der Waals surface area contributed by atoms with Crippen LogP contribution in [0.1, 0.15) is 46.5 Å². The second kappa shape index (κ2) is 14.0. The van der Waals surface area contributed by atoms with Gasteiger partial charge in [-0.3, -0.25) is 4.79 Å².